The predicted octanol–water partition coefficient (Wildman–Crippen LogP) is 1.09. The molecule has 0 fully saturated rings. The molecule has 0 amide bonds. The lowest BCUT2D eigenvalue weighted by atomic mass is 10.1. The number of allylic oxidation sites excluding steroid dienone is 1. The smallest absolute Gasteiger partial charge is 0.189 e. The molecule has 0 bridgehead atoms. The number of carbonyl (C=O) groups is 1. The molecule has 6 heteroatoms. The summed E-state index contributed by atoms with van der Waals surface area (Å²) in [7, 11) is 0. The van der Waals surface area contributed by atoms with Crippen LogP contribution < -0.4 is 5.23 Å². The fraction of sp³-hybridized carbons (Fsp3) is 0. The van der Waals surface area contributed by atoms with E-state index in [-0.39, 0.29) is 17.0 Å². The summed E-state index contributed by atoms with van der Waals surface area (Å²) < 4.78 is 0. The molecule has 20 heavy (non-hydrogen) atoms. The monoisotopic (exact) mass is 272 g/mol. The van der Waals surface area contributed by atoms with Crippen LogP contribution in [-0.2, 0) is 0 Å². The zero-order valence-electron chi connectivity index (χ0n) is 10.4. The van der Waals surface area contributed by atoms with E-state index >= 15 is 0 Å². The Labute approximate surface area is 114 Å². The van der Waals surface area contributed by atoms with Gasteiger partial charge in [0.1, 0.15) is 5.75 Å². The van der Waals surface area contributed by atoms with Gasteiger partial charge in [0.15, 0.2) is 11.5 Å². The van der Waals surface area contributed by atoms with Gasteiger partial charge in [0, 0.05) is 24.5 Å². The molecular formula is C14H12N2O4. The van der Waals surface area contributed by atoms with Gasteiger partial charge < -0.3 is 10.3 Å². The van der Waals surface area contributed by atoms with Gasteiger partial charge in [0.2, 0.25) is 0 Å². The summed E-state index contributed by atoms with van der Waals surface area (Å²) in [6, 6.07) is 7.02. The second-order valence-electron chi connectivity index (χ2n) is 4.02. The van der Waals surface area contributed by atoms with Crippen LogP contribution in [0, 0.1) is 5.21 Å². The molecule has 2 rings (SSSR count). The Balaban J connectivity index is 2.25. The van der Waals surface area contributed by atoms with Crippen molar-refractivity contribution in [3.8, 4) is 5.75 Å². The molecule has 6 nitrogen and oxygen atoms in total. The maximum atomic E-state index is 12.0. The van der Waals surface area contributed by atoms with E-state index in [1.165, 1.54) is 18.2 Å². The summed E-state index contributed by atoms with van der Waals surface area (Å²) in [4.78, 5) is 15.8. The highest BCUT2D eigenvalue weighted by atomic mass is 16.8. The van der Waals surface area contributed by atoms with Crippen LogP contribution in [0.5, 0.6) is 5.75 Å². The molecule has 2 aromatic rings. The van der Waals surface area contributed by atoms with Crippen molar-refractivity contribution in [3.05, 3.63) is 65.1 Å². The second kappa shape index (κ2) is 6.07. The number of hydrogen-bond acceptors (Lipinski definition) is 5. The van der Waals surface area contributed by atoms with Crippen molar-refractivity contribution in [1.29, 1.82) is 0 Å². The highest BCUT2D eigenvalue weighted by Crippen LogP contribution is 2.20. The highest BCUT2D eigenvalue weighted by molar-refractivity contribution is 6.08. The number of carbonyl (C=O) groups excluding carboxylic acids is 1. The molecule has 0 aliphatic carbocycles. The molecule has 1 heterocycles. The number of benzene rings is 1. The van der Waals surface area contributed by atoms with E-state index in [1.54, 1.807) is 30.6 Å². The van der Waals surface area contributed by atoms with Crippen molar-refractivity contribution >= 4 is 17.5 Å². The van der Waals surface area contributed by atoms with Crippen LogP contribution in [0.1, 0.15) is 15.9 Å². The maximum absolute atomic E-state index is 12.0. The normalized spacial score (nSPS) is 12.5. The van der Waals surface area contributed by atoms with E-state index in [1.807, 2.05) is 0 Å². The largest absolute Gasteiger partial charge is 0.595 e. The minimum absolute atomic E-state index is 0.0461. The topological polar surface area (TPSA) is 97.9 Å². The Morgan fingerprint density at radius 3 is 2.60 bits per heavy atom. The van der Waals surface area contributed by atoms with Crippen LogP contribution in [0.3, 0.4) is 0 Å². The standard InChI is InChI=1S/C14H12N2O4/c17-13(3-1-10-5-7-15-8-6-10)12-9-11(16(19)20)2-4-14(12)18/h1-9,16,18-19H. The number of nitrogens with one attached hydrogen (secondary N) is 1. The van der Waals surface area contributed by atoms with Gasteiger partial charge in [-0.25, -0.2) is 5.21 Å². The average Bonchev–Trinajstić information content (AvgIpc) is 2.46. The third-order valence-corrected chi connectivity index (χ3v) is 2.64. The van der Waals surface area contributed by atoms with E-state index in [0.717, 1.165) is 11.6 Å². The van der Waals surface area contributed by atoms with E-state index < -0.39 is 11.0 Å². The van der Waals surface area contributed by atoms with Gasteiger partial charge in [-0.1, -0.05) is 6.08 Å². The minimum atomic E-state index is -1.16. The second-order valence-corrected chi connectivity index (χ2v) is 4.02. The zero-order chi connectivity index (χ0) is 14.5. The summed E-state index contributed by atoms with van der Waals surface area (Å²) in [6.45, 7) is 0. The molecule has 0 radical (unpaired) electrons. The zero-order valence-corrected chi connectivity index (χ0v) is 10.4. The van der Waals surface area contributed by atoms with E-state index in [2.05, 4.69) is 4.98 Å². The summed E-state index contributed by atoms with van der Waals surface area (Å²) in [5, 5.41) is 28.2. The Hall–Kier alpha value is -2.54. The van der Waals surface area contributed by atoms with Crippen LogP contribution in [0.2, 0.25) is 0 Å². The van der Waals surface area contributed by atoms with Crippen molar-refractivity contribution in [2.75, 3.05) is 0 Å². The summed E-state index contributed by atoms with van der Waals surface area (Å²) in [6.07, 6.45) is 6.02. The summed E-state index contributed by atoms with van der Waals surface area (Å²) in [5.74, 6) is -0.721. The lowest BCUT2D eigenvalue weighted by Crippen LogP contribution is -2.99. The first-order valence-electron chi connectivity index (χ1n) is 5.76. The van der Waals surface area contributed by atoms with Gasteiger partial charge in [-0.3, -0.25) is 9.78 Å². The summed E-state index contributed by atoms with van der Waals surface area (Å²) >= 11 is 0. The fourth-order valence-electron chi connectivity index (χ4n) is 1.60. The first kappa shape index (κ1) is 13.9. The molecule has 102 valence electrons. The van der Waals surface area contributed by atoms with Gasteiger partial charge in [0.25, 0.3) is 0 Å². The van der Waals surface area contributed by atoms with Gasteiger partial charge >= 0.3 is 0 Å². The number of phenolic OH excluding ortho intramolecular Hbond substituents is 1. The minimum Gasteiger partial charge on any atom is -0.595 e. The van der Waals surface area contributed by atoms with Crippen molar-refractivity contribution in [2.45, 2.75) is 0 Å². The number of nitrogens with zero attached hydrogens (tertiary/aromatic N) is 1. The Bertz CT molecular complexity index is 639. The Kier molecular flexibility index (Phi) is 4.21. The predicted molar refractivity (Wildman–Crippen MR) is 71.5 cm³/mol. The lowest BCUT2D eigenvalue weighted by molar-refractivity contribution is -0.991. The molecule has 0 saturated carbocycles. The third-order valence-electron chi connectivity index (χ3n) is 2.64. The number of aromatic nitrogens is 1. The first-order chi connectivity index (χ1) is 9.58. The molecule has 0 aliphatic heterocycles. The van der Waals surface area contributed by atoms with Gasteiger partial charge in [-0.15, -0.1) is 0 Å². The summed E-state index contributed by atoms with van der Waals surface area (Å²) in [5.41, 5.74) is 0.681. The molecule has 0 aliphatic rings. The van der Waals surface area contributed by atoms with Gasteiger partial charge in [0.05, 0.1) is 5.56 Å². The molecule has 0 spiro atoms. The SMILES string of the molecule is O=C(C=Cc1ccncc1)c1cc([NH+]([O-])O)ccc1O. The number of aromatic hydroxyl groups is 1. The van der Waals surface area contributed by atoms with E-state index in [0.29, 0.717) is 0 Å². The number of quaternary nitrogens is 1. The number of pyridine rings is 1. The number of phenols is 1. The molecule has 1 aromatic heterocycles. The molecule has 1 unspecified atom stereocenters. The molecule has 0 saturated heterocycles. The maximum Gasteiger partial charge on any atom is 0.189 e. The average molecular weight is 272 g/mol. The van der Waals surface area contributed by atoms with Crippen LogP contribution in [-0.4, -0.2) is 21.1 Å². The number of rotatable bonds is 4. The van der Waals surface area contributed by atoms with Crippen molar-refractivity contribution < 1.29 is 20.3 Å². The third kappa shape index (κ3) is 3.27. The van der Waals surface area contributed by atoms with E-state index in [9.17, 15) is 15.1 Å². The molecular weight excluding hydrogens is 260 g/mol. The Morgan fingerprint density at radius 1 is 1.25 bits per heavy atom. The Morgan fingerprint density at radius 2 is 1.95 bits per heavy atom. The molecule has 1 atom stereocenters. The molecule has 1 aromatic carbocycles. The van der Waals surface area contributed by atoms with Crippen LogP contribution in [0.25, 0.3) is 6.08 Å². The van der Waals surface area contributed by atoms with Crippen LogP contribution in [0.4, 0.5) is 5.69 Å². The lowest BCUT2D eigenvalue weighted by Gasteiger charge is -2.12. The molecule has 3 N–H and O–H groups in total. The van der Waals surface area contributed by atoms with Crippen molar-refractivity contribution in [1.82, 2.24) is 4.98 Å². The van der Waals surface area contributed by atoms with Crippen LogP contribution >= 0.6 is 0 Å². The fourth-order valence-corrected chi connectivity index (χ4v) is 1.60. The van der Waals surface area contributed by atoms with Crippen molar-refractivity contribution in [2.24, 2.45) is 0 Å². The number of hydrogen-bond donors (Lipinski definition) is 3. The van der Waals surface area contributed by atoms with Crippen molar-refractivity contribution in [3.63, 3.8) is 0 Å². The van der Waals surface area contributed by atoms with E-state index in [4.69, 9.17) is 5.21 Å². The first-order valence-corrected chi connectivity index (χ1v) is 5.76. The van der Waals surface area contributed by atoms with Gasteiger partial charge in [-0.05, 0) is 29.8 Å². The highest BCUT2D eigenvalue weighted by Gasteiger charge is 2.12. The van der Waals surface area contributed by atoms with Crippen LogP contribution in [0.15, 0.2) is 48.8 Å². The van der Waals surface area contributed by atoms with Gasteiger partial charge in [-0.2, -0.15) is 5.23 Å². The number of ketones is 1. The quantitative estimate of drug-likeness (QED) is 0.335.